The second-order valence-corrected chi connectivity index (χ2v) is 6.18. The Morgan fingerprint density at radius 1 is 1.20 bits per heavy atom. The first-order valence-electron chi connectivity index (χ1n) is 8.07. The third kappa shape index (κ3) is 6.10. The number of furan rings is 1. The number of hydrogen-bond acceptors (Lipinski definition) is 3. The zero-order valence-corrected chi connectivity index (χ0v) is 13.9. The highest BCUT2D eigenvalue weighted by Crippen LogP contribution is 2.16. The van der Waals surface area contributed by atoms with Crippen molar-refractivity contribution in [2.45, 2.75) is 79.1 Å². The van der Waals surface area contributed by atoms with E-state index >= 15 is 0 Å². The van der Waals surface area contributed by atoms with Crippen molar-refractivity contribution in [1.29, 1.82) is 0 Å². The van der Waals surface area contributed by atoms with Crippen molar-refractivity contribution in [3.63, 3.8) is 0 Å². The third-order valence-electron chi connectivity index (χ3n) is 3.66. The molecule has 0 fully saturated rings. The van der Waals surface area contributed by atoms with E-state index in [0.29, 0.717) is 12.1 Å². The fraction of sp³-hybridized carbons (Fsp3) is 0.765. The smallest absolute Gasteiger partial charge is 0.122 e. The standard InChI is InChI=1S/C17H32N2O/c1-6-7-8-10-19(15(4)5)13-16-9-11-20-17(16)12-18-14(2)3/h9,11,14-15,18H,6-8,10,12-13H2,1-5H3. The van der Waals surface area contributed by atoms with Crippen LogP contribution < -0.4 is 5.32 Å². The molecule has 0 aliphatic heterocycles. The molecule has 3 nitrogen and oxygen atoms in total. The number of hydrogen-bond donors (Lipinski definition) is 1. The summed E-state index contributed by atoms with van der Waals surface area (Å²) < 4.78 is 5.63. The van der Waals surface area contributed by atoms with Gasteiger partial charge in [0, 0.05) is 24.2 Å². The fourth-order valence-electron chi connectivity index (χ4n) is 2.26. The molecular weight excluding hydrogens is 248 g/mol. The van der Waals surface area contributed by atoms with E-state index in [9.17, 15) is 0 Å². The van der Waals surface area contributed by atoms with Crippen molar-refractivity contribution in [2.24, 2.45) is 0 Å². The Morgan fingerprint density at radius 3 is 2.55 bits per heavy atom. The molecule has 20 heavy (non-hydrogen) atoms. The van der Waals surface area contributed by atoms with Gasteiger partial charge >= 0.3 is 0 Å². The molecule has 1 heterocycles. The van der Waals surface area contributed by atoms with Gasteiger partial charge in [-0.1, -0.05) is 33.6 Å². The zero-order valence-electron chi connectivity index (χ0n) is 13.9. The number of unbranched alkanes of at least 4 members (excludes halogenated alkanes) is 2. The van der Waals surface area contributed by atoms with Gasteiger partial charge < -0.3 is 9.73 Å². The molecule has 0 atom stereocenters. The summed E-state index contributed by atoms with van der Waals surface area (Å²) in [5.74, 6) is 1.08. The van der Waals surface area contributed by atoms with Crippen LogP contribution in [-0.2, 0) is 13.1 Å². The van der Waals surface area contributed by atoms with Crippen LogP contribution >= 0.6 is 0 Å². The summed E-state index contributed by atoms with van der Waals surface area (Å²) in [6.45, 7) is 14.1. The molecule has 0 aliphatic rings. The Hall–Kier alpha value is -0.800. The topological polar surface area (TPSA) is 28.4 Å². The molecule has 1 aromatic heterocycles. The first-order chi connectivity index (χ1) is 9.54. The van der Waals surface area contributed by atoms with E-state index in [2.05, 4.69) is 50.9 Å². The maximum absolute atomic E-state index is 5.63. The van der Waals surface area contributed by atoms with Crippen LogP contribution in [0.4, 0.5) is 0 Å². The minimum Gasteiger partial charge on any atom is -0.468 e. The van der Waals surface area contributed by atoms with E-state index in [4.69, 9.17) is 4.42 Å². The van der Waals surface area contributed by atoms with Gasteiger partial charge in [-0.05, 0) is 32.9 Å². The molecule has 1 N–H and O–H groups in total. The van der Waals surface area contributed by atoms with Crippen molar-refractivity contribution < 1.29 is 4.42 Å². The highest BCUT2D eigenvalue weighted by Gasteiger charge is 2.14. The summed E-state index contributed by atoms with van der Waals surface area (Å²) in [7, 11) is 0. The Bertz CT molecular complexity index is 358. The first-order valence-corrected chi connectivity index (χ1v) is 8.07. The van der Waals surface area contributed by atoms with Gasteiger partial charge in [0.15, 0.2) is 0 Å². The summed E-state index contributed by atoms with van der Waals surface area (Å²) in [6, 6.07) is 3.18. The number of nitrogens with one attached hydrogen (secondary N) is 1. The summed E-state index contributed by atoms with van der Waals surface area (Å²) in [5.41, 5.74) is 1.32. The van der Waals surface area contributed by atoms with Crippen molar-refractivity contribution in [3.05, 3.63) is 23.7 Å². The molecule has 1 rings (SSSR count). The molecule has 0 radical (unpaired) electrons. The third-order valence-corrected chi connectivity index (χ3v) is 3.66. The molecule has 1 aromatic rings. The van der Waals surface area contributed by atoms with Crippen LogP contribution in [0.25, 0.3) is 0 Å². The molecule has 3 heteroatoms. The highest BCUT2D eigenvalue weighted by molar-refractivity contribution is 5.17. The largest absolute Gasteiger partial charge is 0.468 e. The van der Waals surface area contributed by atoms with Gasteiger partial charge in [-0.2, -0.15) is 0 Å². The molecule has 0 saturated carbocycles. The molecule has 0 amide bonds. The minimum atomic E-state index is 0.485. The normalized spacial score (nSPS) is 12.0. The van der Waals surface area contributed by atoms with E-state index < -0.39 is 0 Å². The molecular formula is C17H32N2O. The molecule has 0 saturated heterocycles. The molecule has 0 bridgehead atoms. The average Bonchev–Trinajstić information content (AvgIpc) is 2.82. The van der Waals surface area contributed by atoms with Gasteiger partial charge in [-0.25, -0.2) is 0 Å². The van der Waals surface area contributed by atoms with Crippen LogP contribution in [0.3, 0.4) is 0 Å². The Labute approximate surface area is 124 Å². The van der Waals surface area contributed by atoms with Crippen LogP contribution in [0, 0.1) is 0 Å². The quantitative estimate of drug-likeness (QED) is 0.652. The van der Waals surface area contributed by atoms with Crippen LogP contribution in [0.2, 0.25) is 0 Å². The van der Waals surface area contributed by atoms with E-state index in [1.54, 1.807) is 0 Å². The maximum Gasteiger partial charge on any atom is 0.122 e. The van der Waals surface area contributed by atoms with Gasteiger partial charge in [0.05, 0.1) is 12.8 Å². The van der Waals surface area contributed by atoms with Crippen molar-refractivity contribution in [2.75, 3.05) is 6.54 Å². The second kappa shape index (κ2) is 9.19. The monoisotopic (exact) mass is 280 g/mol. The van der Waals surface area contributed by atoms with Gasteiger partial charge in [0.25, 0.3) is 0 Å². The van der Waals surface area contributed by atoms with Gasteiger partial charge in [-0.15, -0.1) is 0 Å². The maximum atomic E-state index is 5.63. The molecule has 0 aliphatic carbocycles. The lowest BCUT2D eigenvalue weighted by Gasteiger charge is -2.26. The summed E-state index contributed by atoms with van der Waals surface area (Å²) in [5, 5.41) is 3.43. The Balaban J connectivity index is 2.57. The minimum absolute atomic E-state index is 0.485. The van der Waals surface area contributed by atoms with Crippen molar-refractivity contribution in [3.8, 4) is 0 Å². The Morgan fingerprint density at radius 2 is 1.95 bits per heavy atom. The van der Waals surface area contributed by atoms with E-state index in [1.165, 1.54) is 31.4 Å². The van der Waals surface area contributed by atoms with E-state index in [-0.39, 0.29) is 0 Å². The van der Waals surface area contributed by atoms with E-state index in [1.807, 2.05) is 6.26 Å². The summed E-state index contributed by atoms with van der Waals surface area (Å²) in [4.78, 5) is 2.54. The van der Waals surface area contributed by atoms with Gasteiger partial charge in [-0.3, -0.25) is 4.90 Å². The predicted octanol–water partition coefficient (Wildman–Crippen LogP) is 4.18. The lowest BCUT2D eigenvalue weighted by Crippen LogP contribution is -2.32. The lowest BCUT2D eigenvalue weighted by atomic mass is 10.1. The molecule has 0 spiro atoms. The fourth-order valence-corrected chi connectivity index (χ4v) is 2.26. The average molecular weight is 280 g/mol. The molecule has 116 valence electrons. The highest BCUT2D eigenvalue weighted by atomic mass is 16.3. The molecule has 0 aromatic carbocycles. The van der Waals surface area contributed by atoms with Crippen molar-refractivity contribution in [1.82, 2.24) is 10.2 Å². The van der Waals surface area contributed by atoms with Crippen LogP contribution in [0.15, 0.2) is 16.7 Å². The van der Waals surface area contributed by atoms with Crippen LogP contribution in [-0.4, -0.2) is 23.5 Å². The first kappa shape index (κ1) is 17.3. The van der Waals surface area contributed by atoms with E-state index in [0.717, 1.165) is 18.8 Å². The zero-order chi connectivity index (χ0) is 15.0. The van der Waals surface area contributed by atoms with Crippen LogP contribution in [0.5, 0.6) is 0 Å². The lowest BCUT2D eigenvalue weighted by molar-refractivity contribution is 0.206. The van der Waals surface area contributed by atoms with Gasteiger partial charge in [0.1, 0.15) is 5.76 Å². The summed E-state index contributed by atoms with van der Waals surface area (Å²) >= 11 is 0. The number of nitrogens with zero attached hydrogens (tertiary/aromatic N) is 1. The second-order valence-electron chi connectivity index (χ2n) is 6.18. The van der Waals surface area contributed by atoms with Crippen molar-refractivity contribution >= 4 is 0 Å². The van der Waals surface area contributed by atoms with Gasteiger partial charge in [0.2, 0.25) is 0 Å². The predicted molar refractivity (Wildman–Crippen MR) is 85.8 cm³/mol. The van der Waals surface area contributed by atoms with Crippen LogP contribution in [0.1, 0.15) is 65.2 Å². The number of rotatable bonds is 10. The summed E-state index contributed by atoms with van der Waals surface area (Å²) in [6.07, 6.45) is 5.70. The Kier molecular flexibility index (Phi) is 7.93. The SMILES string of the molecule is CCCCCN(Cc1ccoc1CNC(C)C)C(C)C. The molecule has 0 unspecified atom stereocenters.